The third kappa shape index (κ3) is 2.61. The van der Waals surface area contributed by atoms with E-state index < -0.39 is 6.23 Å². The molecule has 0 saturated carbocycles. The van der Waals surface area contributed by atoms with E-state index >= 15 is 0 Å². The number of rotatable bonds is 3. The van der Waals surface area contributed by atoms with Gasteiger partial charge in [-0.25, -0.2) is 4.98 Å². The van der Waals surface area contributed by atoms with Crippen molar-refractivity contribution in [1.82, 2.24) is 4.98 Å². The Balaban J connectivity index is 1.68. The monoisotopic (exact) mass is 318 g/mol. The molecule has 2 heterocycles. The number of nitrogens with zero attached hydrogens (tertiary/aromatic N) is 2. The molecule has 24 heavy (non-hydrogen) atoms. The topological polar surface area (TPSA) is 45.6 Å². The number of hydrogen-bond donors (Lipinski definition) is 1. The zero-order chi connectivity index (χ0) is 16.5. The number of aromatic nitrogens is 1. The van der Waals surface area contributed by atoms with Crippen LogP contribution < -0.4 is 9.64 Å². The summed E-state index contributed by atoms with van der Waals surface area (Å²) in [6.07, 6.45) is 2.99. The highest BCUT2D eigenvalue weighted by atomic mass is 16.5. The third-order valence-electron chi connectivity index (χ3n) is 4.34. The molecule has 4 nitrogen and oxygen atoms in total. The lowest BCUT2D eigenvalue weighted by molar-refractivity contribution is 0.190. The first-order valence-corrected chi connectivity index (χ1v) is 7.90. The minimum Gasteiger partial charge on any atom is -0.473 e. The highest BCUT2D eigenvalue weighted by Crippen LogP contribution is 2.34. The van der Waals surface area contributed by atoms with Gasteiger partial charge in [-0.3, -0.25) is 0 Å². The Morgan fingerprint density at radius 1 is 1.08 bits per heavy atom. The highest BCUT2D eigenvalue weighted by Gasteiger charge is 2.24. The maximum absolute atomic E-state index is 10.6. The molecule has 1 aromatic heterocycles. The summed E-state index contributed by atoms with van der Waals surface area (Å²) in [5.74, 6) is 0.553. The number of benzene rings is 2. The van der Waals surface area contributed by atoms with Crippen LogP contribution in [-0.4, -0.2) is 30.0 Å². The van der Waals surface area contributed by atoms with Gasteiger partial charge in [0.1, 0.15) is 6.61 Å². The number of aliphatic hydroxyl groups is 1. The first-order chi connectivity index (χ1) is 11.7. The second-order valence-corrected chi connectivity index (χ2v) is 5.92. The molecule has 0 spiro atoms. The van der Waals surface area contributed by atoms with E-state index in [1.807, 2.05) is 42.3 Å². The van der Waals surface area contributed by atoms with Gasteiger partial charge in [0.05, 0.1) is 0 Å². The van der Waals surface area contributed by atoms with Crippen LogP contribution in [0.4, 0.5) is 5.69 Å². The van der Waals surface area contributed by atoms with Crippen LogP contribution in [0.15, 0.2) is 66.4 Å². The fraction of sp³-hybridized carbons (Fsp3) is 0.150. The Hall–Kier alpha value is -2.85. The summed E-state index contributed by atoms with van der Waals surface area (Å²) >= 11 is 0. The normalized spacial score (nSPS) is 16.7. The molecule has 2 aromatic carbocycles. The van der Waals surface area contributed by atoms with Crippen molar-refractivity contribution in [2.24, 2.45) is 0 Å². The maximum Gasteiger partial charge on any atom is 0.213 e. The molecular formula is C20H18N2O2. The van der Waals surface area contributed by atoms with E-state index in [9.17, 15) is 5.11 Å². The fourth-order valence-corrected chi connectivity index (χ4v) is 3.03. The first-order valence-electron chi connectivity index (χ1n) is 7.90. The molecule has 1 unspecified atom stereocenters. The van der Waals surface area contributed by atoms with Crippen LogP contribution >= 0.6 is 0 Å². The molecule has 0 bridgehead atoms. The Morgan fingerprint density at radius 2 is 1.83 bits per heavy atom. The van der Waals surface area contributed by atoms with Gasteiger partial charge in [0, 0.05) is 30.6 Å². The van der Waals surface area contributed by atoms with Crippen molar-refractivity contribution in [3.63, 3.8) is 0 Å². The molecule has 0 saturated heterocycles. The van der Waals surface area contributed by atoms with Gasteiger partial charge in [-0.15, -0.1) is 0 Å². The van der Waals surface area contributed by atoms with E-state index in [0.29, 0.717) is 12.5 Å². The number of pyridine rings is 1. The van der Waals surface area contributed by atoms with Gasteiger partial charge in [0.2, 0.25) is 5.88 Å². The second-order valence-electron chi connectivity index (χ2n) is 5.92. The van der Waals surface area contributed by atoms with Gasteiger partial charge in [-0.2, -0.15) is 0 Å². The van der Waals surface area contributed by atoms with Crippen LogP contribution in [0.2, 0.25) is 0 Å². The van der Waals surface area contributed by atoms with E-state index in [4.69, 9.17) is 4.74 Å². The van der Waals surface area contributed by atoms with Crippen molar-refractivity contribution in [2.75, 3.05) is 18.6 Å². The number of anilines is 1. The molecule has 0 aliphatic carbocycles. The first kappa shape index (κ1) is 14.7. The molecule has 1 N–H and O–H groups in total. The molecule has 120 valence electrons. The zero-order valence-corrected chi connectivity index (χ0v) is 13.4. The van der Waals surface area contributed by atoms with Crippen LogP contribution in [-0.2, 0) is 0 Å². The SMILES string of the molecule is CN1c2cc3ccccc3cc2C=C(COc2ccccn2)C1O. The van der Waals surface area contributed by atoms with Crippen molar-refractivity contribution in [3.05, 3.63) is 71.9 Å². The van der Waals surface area contributed by atoms with Crippen LogP contribution in [0.1, 0.15) is 5.56 Å². The minimum atomic E-state index is -0.706. The molecule has 1 aliphatic rings. The van der Waals surface area contributed by atoms with Crippen LogP contribution in [0.3, 0.4) is 0 Å². The van der Waals surface area contributed by atoms with E-state index in [2.05, 4.69) is 29.2 Å². The van der Waals surface area contributed by atoms with E-state index in [1.54, 1.807) is 12.3 Å². The predicted molar refractivity (Wildman–Crippen MR) is 96.1 cm³/mol. The van der Waals surface area contributed by atoms with Crippen molar-refractivity contribution >= 4 is 22.5 Å². The van der Waals surface area contributed by atoms with Crippen molar-refractivity contribution in [3.8, 4) is 5.88 Å². The summed E-state index contributed by atoms with van der Waals surface area (Å²) < 4.78 is 5.70. The van der Waals surface area contributed by atoms with Crippen molar-refractivity contribution in [2.45, 2.75) is 6.23 Å². The summed E-state index contributed by atoms with van der Waals surface area (Å²) in [6, 6.07) is 18.0. The van der Waals surface area contributed by atoms with Gasteiger partial charge in [0.25, 0.3) is 0 Å². The smallest absolute Gasteiger partial charge is 0.213 e. The van der Waals surface area contributed by atoms with Crippen molar-refractivity contribution in [1.29, 1.82) is 0 Å². The third-order valence-corrected chi connectivity index (χ3v) is 4.34. The Kier molecular flexibility index (Phi) is 3.67. The molecule has 0 fully saturated rings. The van der Waals surface area contributed by atoms with E-state index in [-0.39, 0.29) is 0 Å². The van der Waals surface area contributed by atoms with Crippen molar-refractivity contribution < 1.29 is 9.84 Å². The Morgan fingerprint density at radius 3 is 2.58 bits per heavy atom. The number of likely N-dealkylation sites (N-methyl/N-ethyl adjacent to an activating group) is 1. The molecule has 4 heteroatoms. The summed E-state index contributed by atoms with van der Waals surface area (Å²) in [7, 11) is 1.89. The zero-order valence-electron chi connectivity index (χ0n) is 13.4. The highest BCUT2D eigenvalue weighted by molar-refractivity contribution is 5.91. The van der Waals surface area contributed by atoms with Crippen LogP contribution in [0, 0.1) is 0 Å². The van der Waals surface area contributed by atoms with Gasteiger partial charge in [-0.05, 0) is 40.6 Å². The van der Waals surface area contributed by atoms with Crippen LogP contribution in [0.25, 0.3) is 16.8 Å². The van der Waals surface area contributed by atoms with E-state index in [1.165, 1.54) is 5.39 Å². The predicted octanol–water partition coefficient (Wildman–Crippen LogP) is 3.47. The lowest BCUT2D eigenvalue weighted by Gasteiger charge is -2.33. The average molecular weight is 318 g/mol. The number of fused-ring (bicyclic) bond motifs is 2. The molecule has 1 atom stereocenters. The molecule has 0 amide bonds. The molecule has 1 aliphatic heterocycles. The number of hydrogen-bond acceptors (Lipinski definition) is 4. The summed E-state index contributed by atoms with van der Waals surface area (Å²) in [4.78, 5) is 6.02. The quantitative estimate of drug-likeness (QED) is 0.803. The summed E-state index contributed by atoms with van der Waals surface area (Å²) in [6.45, 7) is 0.300. The second kappa shape index (κ2) is 5.98. The van der Waals surface area contributed by atoms with Crippen LogP contribution in [0.5, 0.6) is 5.88 Å². The molecule has 3 aromatic rings. The number of aliphatic hydroxyl groups excluding tert-OH is 1. The Bertz CT molecular complexity index is 906. The molecule has 0 radical (unpaired) electrons. The van der Waals surface area contributed by atoms with Gasteiger partial charge >= 0.3 is 0 Å². The number of ether oxygens (including phenoxy) is 1. The summed E-state index contributed by atoms with van der Waals surface area (Å²) in [5.41, 5.74) is 2.91. The van der Waals surface area contributed by atoms with Gasteiger partial charge < -0.3 is 14.7 Å². The average Bonchev–Trinajstić information content (AvgIpc) is 2.63. The van der Waals surface area contributed by atoms with Gasteiger partial charge in [-0.1, -0.05) is 30.3 Å². The standard InChI is InChI=1S/C20H18N2O2/c1-22-18-12-15-7-3-2-6-14(15)10-16(18)11-17(20(22)23)13-24-19-8-4-5-9-21-19/h2-12,20,23H,13H2,1H3. The van der Waals surface area contributed by atoms with Gasteiger partial charge in [0.15, 0.2) is 6.23 Å². The molecular weight excluding hydrogens is 300 g/mol. The fourth-order valence-electron chi connectivity index (χ4n) is 3.03. The minimum absolute atomic E-state index is 0.300. The summed E-state index contributed by atoms with van der Waals surface area (Å²) in [5, 5.41) is 12.9. The lowest BCUT2D eigenvalue weighted by Crippen LogP contribution is -2.37. The maximum atomic E-state index is 10.6. The largest absolute Gasteiger partial charge is 0.473 e. The Labute approximate surface area is 140 Å². The molecule has 4 rings (SSSR count). The van der Waals surface area contributed by atoms with E-state index in [0.717, 1.165) is 22.2 Å². The lowest BCUT2D eigenvalue weighted by atomic mass is 9.98.